The van der Waals surface area contributed by atoms with E-state index in [1.165, 1.54) is 0 Å². The molecule has 5 nitrogen and oxygen atoms in total. The minimum Gasteiger partial charge on any atom is -0.497 e. The summed E-state index contributed by atoms with van der Waals surface area (Å²) in [7, 11) is 1.68. The molecule has 1 heterocycles. The van der Waals surface area contributed by atoms with Gasteiger partial charge in [-0.15, -0.1) is 24.8 Å². The number of fused-ring (bicyclic) bond motifs is 1. The highest BCUT2D eigenvalue weighted by molar-refractivity contribution is 6.30. The van der Waals surface area contributed by atoms with Gasteiger partial charge in [-0.25, -0.2) is 9.97 Å². The molecule has 0 saturated heterocycles. The van der Waals surface area contributed by atoms with Crippen molar-refractivity contribution >= 4 is 59.5 Å². The van der Waals surface area contributed by atoms with E-state index in [1.54, 1.807) is 7.11 Å². The van der Waals surface area contributed by atoms with Gasteiger partial charge in [0.1, 0.15) is 5.75 Å². The zero-order valence-electron chi connectivity index (χ0n) is 18.0. The average molecular weight is 496 g/mol. The monoisotopic (exact) mass is 494 g/mol. The lowest BCUT2D eigenvalue weighted by molar-refractivity contribution is 0.278. The number of ether oxygens (including phenoxy) is 1. The molecule has 0 amide bonds. The Balaban J connectivity index is 0.00000181. The van der Waals surface area contributed by atoms with E-state index in [1.807, 2.05) is 54.6 Å². The van der Waals surface area contributed by atoms with Gasteiger partial charge in [-0.1, -0.05) is 29.8 Å². The van der Waals surface area contributed by atoms with Gasteiger partial charge in [-0.2, -0.15) is 0 Å². The van der Waals surface area contributed by atoms with Crippen LogP contribution in [0.2, 0.25) is 5.02 Å². The van der Waals surface area contributed by atoms with Gasteiger partial charge in [-0.05, 0) is 67.7 Å². The number of aromatic nitrogens is 2. The van der Waals surface area contributed by atoms with Crippen molar-refractivity contribution in [3.05, 3.63) is 64.6 Å². The third-order valence-electron chi connectivity index (χ3n) is 6.02. The molecule has 172 valence electrons. The van der Waals surface area contributed by atoms with Gasteiger partial charge in [-0.3, -0.25) is 0 Å². The van der Waals surface area contributed by atoms with Crippen LogP contribution in [0.1, 0.15) is 48.7 Å². The SMILES string of the molecule is COc1ccc2nc(C=Cc3ccc(Cl)cc3)nc(C3CCC(N)(CN)CC3)c2c1.Cl.Cl. The molecule has 0 radical (unpaired) electrons. The second kappa shape index (κ2) is 11.3. The number of methoxy groups -OCH3 is 1. The highest BCUT2D eigenvalue weighted by Gasteiger charge is 2.32. The Bertz CT molecular complexity index is 1060. The molecule has 8 heteroatoms. The summed E-state index contributed by atoms with van der Waals surface area (Å²) in [4.78, 5) is 9.71. The standard InChI is InChI=1S/C24H27ClN4O.2ClH/c1-30-19-7-8-21-20(14-19)23(17-10-12-24(27,15-26)13-11-17)29-22(28-21)9-4-16-2-5-18(25)6-3-16;;/h2-9,14,17H,10-13,15,26-27H2,1H3;2*1H. The number of halogens is 3. The first-order valence-electron chi connectivity index (χ1n) is 10.3. The maximum atomic E-state index is 6.41. The number of benzene rings is 2. The third kappa shape index (κ3) is 5.91. The molecule has 0 bridgehead atoms. The third-order valence-corrected chi connectivity index (χ3v) is 6.27. The Hall–Kier alpha value is -1.89. The van der Waals surface area contributed by atoms with Crippen molar-refractivity contribution in [2.45, 2.75) is 37.1 Å². The summed E-state index contributed by atoms with van der Waals surface area (Å²) in [6.45, 7) is 0.521. The van der Waals surface area contributed by atoms with E-state index < -0.39 is 0 Å². The topological polar surface area (TPSA) is 87.0 Å². The summed E-state index contributed by atoms with van der Waals surface area (Å²) in [6, 6.07) is 13.7. The molecule has 1 aliphatic rings. The summed E-state index contributed by atoms with van der Waals surface area (Å²) in [5, 5.41) is 1.76. The van der Waals surface area contributed by atoms with Gasteiger partial charge in [0.25, 0.3) is 0 Å². The molecule has 32 heavy (non-hydrogen) atoms. The minimum absolute atomic E-state index is 0. The predicted molar refractivity (Wildman–Crippen MR) is 138 cm³/mol. The Morgan fingerprint density at radius 3 is 2.38 bits per heavy atom. The zero-order chi connectivity index (χ0) is 21.1. The van der Waals surface area contributed by atoms with E-state index >= 15 is 0 Å². The lowest BCUT2D eigenvalue weighted by Gasteiger charge is -2.36. The van der Waals surface area contributed by atoms with E-state index in [9.17, 15) is 0 Å². The van der Waals surface area contributed by atoms with Crippen molar-refractivity contribution in [3.63, 3.8) is 0 Å². The summed E-state index contributed by atoms with van der Waals surface area (Å²) in [5.41, 5.74) is 15.1. The van der Waals surface area contributed by atoms with Crippen molar-refractivity contribution in [3.8, 4) is 5.75 Å². The fourth-order valence-corrected chi connectivity index (χ4v) is 4.20. The summed E-state index contributed by atoms with van der Waals surface area (Å²) in [6.07, 6.45) is 7.70. The van der Waals surface area contributed by atoms with Crippen molar-refractivity contribution in [1.29, 1.82) is 0 Å². The van der Waals surface area contributed by atoms with Crippen LogP contribution in [-0.4, -0.2) is 29.2 Å². The maximum Gasteiger partial charge on any atom is 0.152 e. The van der Waals surface area contributed by atoms with Crippen molar-refractivity contribution in [2.24, 2.45) is 11.5 Å². The second-order valence-corrected chi connectivity index (χ2v) is 8.51. The van der Waals surface area contributed by atoms with Gasteiger partial charge in [0.05, 0.1) is 18.3 Å². The fourth-order valence-electron chi connectivity index (χ4n) is 4.08. The molecule has 3 aromatic rings. The molecule has 0 unspecified atom stereocenters. The van der Waals surface area contributed by atoms with Gasteiger partial charge in [0.2, 0.25) is 0 Å². The summed E-state index contributed by atoms with van der Waals surface area (Å²) in [5.74, 6) is 1.83. The van der Waals surface area contributed by atoms with Crippen LogP contribution >= 0.6 is 36.4 Å². The Kier molecular flexibility index (Phi) is 9.31. The molecule has 1 saturated carbocycles. The molecule has 0 spiro atoms. The summed E-state index contributed by atoms with van der Waals surface area (Å²) < 4.78 is 5.44. The molecule has 0 aliphatic heterocycles. The molecule has 1 aromatic heterocycles. The Morgan fingerprint density at radius 1 is 1.06 bits per heavy atom. The molecular weight excluding hydrogens is 467 g/mol. The smallest absolute Gasteiger partial charge is 0.152 e. The predicted octanol–water partition coefficient (Wildman–Crippen LogP) is 5.62. The first-order valence-corrected chi connectivity index (χ1v) is 10.7. The largest absolute Gasteiger partial charge is 0.497 e. The van der Waals surface area contributed by atoms with Crippen LogP contribution < -0.4 is 16.2 Å². The van der Waals surface area contributed by atoms with Crippen LogP contribution in [0.25, 0.3) is 23.1 Å². The fraction of sp³-hybridized carbons (Fsp3) is 0.333. The number of hydrogen-bond donors (Lipinski definition) is 2. The molecule has 0 atom stereocenters. The van der Waals surface area contributed by atoms with Gasteiger partial charge in [0.15, 0.2) is 5.82 Å². The lowest BCUT2D eigenvalue weighted by atomic mass is 9.75. The van der Waals surface area contributed by atoms with Crippen LogP contribution in [0.5, 0.6) is 5.75 Å². The highest BCUT2D eigenvalue weighted by Crippen LogP contribution is 2.39. The quantitative estimate of drug-likeness (QED) is 0.480. The van der Waals surface area contributed by atoms with E-state index in [4.69, 9.17) is 37.8 Å². The number of hydrogen-bond acceptors (Lipinski definition) is 5. The molecule has 4 rings (SSSR count). The minimum atomic E-state index is -0.256. The Morgan fingerprint density at radius 2 is 1.75 bits per heavy atom. The van der Waals surface area contributed by atoms with Crippen molar-refractivity contribution < 1.29 is 4.74 Å². The summed E-state index contributed by atoms with van der Waals surface area (Å²) >= 11 is 5.98. The number of rotatable bonds is 5. The molecular formula is C24H29Cl3N4O. The normalized spacial score (nSPS) is 20.6. The number of nitrogens with zero attached hydrogens (tertiary/aromatic N) is 2. The van der Waals surface area contributed by atoms with Crippen LogP contribution in [-0.2, 0) is 0 Å². The van der Waals surface area contributed by atoms with Crippen LogP contribution in [0.15, 0.2) is 42.5 Å². The van der Waals surface area contributed by atoms with Crippen molar-refractivity contribution in [1.82, 2.24) is 9.97 Å². The first-order chi connectivity index (χ1) is 14.5. The maximum absolute atomic E-state index is 6.41. The van der Waals surface area contributed by atoms with Gasteiger partial charge >= 0.3 is 0 Å². The Labute approximate surface area is 206 Å². The lowest BCUT2D eigenvalue weighted by Crippen LogP contribution is -2.49. The van der Waals surface area contributed by atoms with E-state index in [2.05, 4.69) is 0 Å². The average Bonchev–Trinajstić information content (AvgIpc) is 2.78. The first kappa shape index (κ1) is 26.4. The molecule has 1 aliphatic carbocycles. The zero-order valence-corrected chi connectivity index (χ0v) is 20.3. The van der Waals surface area contributed by atoms with Crippen molar-refractivity contribution in [2.75, 3.05) is 13.7 Å². The highest BCUT2D eigenvalue weighted by atomic mass is 35.5. The molecule has 2 aromatic carbocycles. The van der Waals surface area contributed by atoms with E-state index in [-0.39, 0.29) is 30.4 Å². The van der Waals surface area contributed by atoms with Crippen LogP contribution in [0.3, 0.4) is 0 Å². The molecule has 1 fully saturated rings. The number of nitrogens with two attached hydrogens (primary N) is 2. The van der Waals surface area contributed by atoms with Crippen LogP contribution in [0, 0.1) is 0 Å². The molecule has 4 N–H and O–H groups in total. The van der Waals surface area contributed by atoms with E-state index in [0.29, 0.717) is 18.3 Å². The van der Waals surface area contributed by atoms with E-state index in [0.717, 1.165) is 58.6 Å². The van der Waals surface area contributed by atoms with Gasteiger partial charge in [0, 0.05) is 28.4 Å². The van der Waals surface area contributed by atoms with Gasteiger partial charge < -0.3 is 16.2 Å². The van der Waals surface area contributed by atoms with Crippen LogP contribution in [0.4, 0.5) is 0 Å². The second-order valence-electron chi connectivity index (χ2n) is 8.08.